The van der Waals surface area contributed by atoms with Crippen LogP contribution in [0.25, 0.3) is 0 Å². The van der Waals surface area contributed by atoms with Gasteiger partial charge in [-0.3, -0.25) is 0 Å². The second kappa shape index (κ2) is 6.25. The third-order valence-electron chi connectivity index (χ3n) is 3.39. The van der Waals surface area contributed by atoms with Gasteiger partial charge in [0.15, 0.2) is 0 Å². The molecule has 2 nitrogen and oxygen atoms in total. The number of rotatable bonds is 4. The van der Waals surface area contributed by atoms with Crippen LogP contribution in [0.3, 0.4) is 0 Å². The van der Waals surface area contributed by atoms with Crippen LogP contribution < -0.4 is 5.32 Å². The molecule has 0 spiro atoms. The lowest BCUT2D eigenvalue weighted by atomic mass is 10.0. The van der Waals surface area contributed by atoms with Crippen molar-refractivity contribution in [3.05, 3.63) is 35.4 Å². The molecule has 0 bridgehead atoms. The predicted molar refractivity (Wildman–Crippen MR) is 66.3 cm³/mol. The van der Waals surface area contributed by atoms with Gasteiger partial charge in [-0.15, -0.1) is 0 Å². The Morgan fingerprint density at radius 1 is 1.44 bits per heavy atom. The summed E-state index contributed by atoms with van der Waals surface area (Å²) >= 11 is 0. The van der Waals surface area contributed by atoms with Crippen molar-refractivity contribution < 1.29 is 13.5 Å². The molecule has 0 aromatic heterocycles. The Hall–Kier alpha value is -1.00. The van der Waals surface area contributed by atoms with E-state index >= 15 is 0 Å². The number of hydrogen-bond acceptors (Lipinski definition) is 2. The summed E-state index contributed by atoms with van der Waals surface area (Å²) in [4.78, 5) is 0. The monoisotopic (exact) mass is 255 g/mol. The highest BCUT2D eigenvalue weighted by Gasteiger charge is 2.16. The van der Waals surface area contributed by atoms with Crippen LogP contribution in [-0.4, -0.2) is 19.8 Å². The first-order chi connectivity index (χ1) is 8.66. The quantitative estimate of drug-likeness (QED) is 0.893. The van der Waals surface area contributed by atoms with Crippen LogP contribution in [0.15, 0.2) is 18.2 Å². The molecule has 0 amide bonds. The molecular formula is C14H19F2NO. The van der Waals surface area contributed by atoms with E-state index in [1.165, 1.54) is 12.1 Å². The van der Waals surface area contributed by atoms with Gasteiger partial charge in [0.05, 0.1) is 6.61 Å². The minimum atomic E-state index is -0.402. The van der Waals surface area contributed by atoms with Crippen LogP contribution in [0.2, 0.25) is 0 Å². The highest BCUT2D eigenvalue weighted by molar-refractivity contribution is 5.21. The van der Waals surface area contributed by atoms with Crippen molar-refractivity contribution in [1.29, 1.82) is 0 Å². The average molecular weight is 255 g/mol. The van der Waals surface area contributed by atoms with Crippen molar-refractivity contribution in [3.8, 4) is 0 Å². The van der Waals surface area contributed by atoms with E-state index in [2.05, 4.69) is 5.32 Å². The molecule has 4 heteroatoms. The molecule has 1 aromatic carbocycles. The minimum absolute atomic E-state index is 0.192. The van der Waals surface area contributed by atoms with E-state index in [1.54, 1.807) is 0 Å². The summed E-state index contributed by atoms with van der Waals surface area (Å²) in [7, 11) is 0. The number of ether oxygens (including phenoxy) is 1. The molecular weight excluding hydrogens is 236 g/mol. The molecule has 18 heavy (non-hydrogen) atoms. The van der Waals surface area contributed by atoms with Crippen molar-refractivity contribution in [2.75, 3.05) is 19.8 Å². The summed E-state index contributed by atoms with van der Waals surface area (Å²) in [6.45, 7) is 4.22. The van der Waals surface area contributed by atoms with Gasteiger partial charge in [-0.1, -0.05) is 0 Å². The fourth-order valence-electron chi connectivity index (χ4n) is 2.27. The van der Waals surface area contributed by atoms with Crippen molar-refractivity contribution >= 4 is 0 Å². The number of hydrogen-bond donors (Lipinski definition) is 1. The topological polar surface area (TPSA) is 21.3 Å². The largest absolute Gasteiger partial charge is 0.381 e. The summed E-state index contributed by atoms with van der Waals surface area (Å²) < 4.78 is 32.0. The zero-order chi connectivity index (χ0) is 13.0. The molecule has 100 valence electrons. The molecule has 1 N–H and O–H groups in total. The first-order valence-corrected chi connectivity index (χ1v) is 6.43. The Bertz CT molecular complexity index is 391. The maximum atomic E-state index is 13.6. The Labute approximate surface area is 106 Å². The van der Waals surface area contributed by atoms with Crippen LogP contribution in [0, 0.1) is 17.6 Å². The second-order valence-electron chi connectivity index (χ2n) is 4.88. The van der Waals surface area contributed by atoms with Crippen molar-refractivity contribution in [2.24, 2.45) is 5.92 Å². The predicted octanol–water partition coefficient (Wildman–Crippen LogP) is 3.04. The van der Waals surface area contributed by atoms with E-state index in [9.17, 15) is 8.78 Å². The average Bonchev–Trinajstić information content (AvgIpc) is 2.40. The van der Waals surface area contributed by atoms with Gasteiger partial charge < -0.3 is 10.1 Å². The van der Waals surface area contributed by atoms with Gasteiger partial charge in [-0.2, -0.15) is 0 Å². The van der Waals surface area contributed by atoms with Crippen LogP contribution in [0.4, 0.5) is 8.78 Å². The second-order valence-corrected chi connectivity index (χ2v) is 4.88. The highest BCUT2D eigenvalue weighted by atomic mass is 19.1. The fourth-order valence-corrected chi connectivity index (χ4v) is 2.27. The van der Waals surface area contributed by atoms with Crippen molar-refractivity contribution in [1.82, 2.24) is 5.32 Å². The SMILES string of the molecule is CC(NCC1CCCOC1)c1cc(F)ccc1F. The number of benzene rings is 1. The molecule has 1 aliphatic heterocycles. The molecule has 0 aliphatic carbocycles. The first-order valence-electron chi connectivity index (χ1n) is 6.43. The van der Waals surface area contributed by atoms with Gasteiger partial charge in [0.2, 0.25) is 0 Å². The van der Waals surface area contributed by atoms with Gasteiger partial charge in [-0.25, -0.2) is 8.78 Å². The zero-order valence-electron chi connectivity index (χ0n) is 10.6. The van der Waals surface area contributed by atoms with Crippen molar-refractivity contribution in [3.63, 3.8) is 0 Å². The summed E-state index contributed by atoms with van der Waals surface area (Å²) in [5, 5.41) is 3.25. The van der Waals surface area contributed by atoms with Gasteiger partial charge in [-0.05, 0) is 43.9 Å². The van der Waals surface area contributed by atoms with E-state index in [0.29, 0.717) is 11.5 Å². The lowest BCUT2D eigenvalue weighted by molar-refractivity contribution is 0.0539. The van der Waals surface area contributed by atoms with Gasteiger partial charge in [0, 0.05) is 24.8 Å². The van der Waals surface area contributed by atoms with Crippen LogP contribution >= 0.6 is 0 Å². The summed E-state index contributed by atoms with van der Waals surface area (Å²) in [6, 6.07) is 3.37. The van der Waals surface area contributed by atoms with E-state index < -0.39 is 5.82 Å². The van der Waals surface area contributed by atoms with Gasteiger partial charge in [0.25, 0.3) is 0 Å². The highest BCUT2D eigenvalue weighted by Crippen LogP contribution is 2.19. The molecule has 2 atom stereocenters. The summed E-state index contributed by atoms with van der Waals surface area (Å²) in [6.07, 6.45) is 2.21. The lowest BCUT2D eigenvalue weighted by Gasteiger charge is -2.24. The Morgan fingerprint density at radius 2 is 2.28 bits per heavy atom. The van der Waals surface area contributed by atoms with Crippen LogP contribution in [-0.2, 0) is 4.74 Å². The normalized spacial score (nSPS) is 21.8. The maximum Gasteiger partial charge on any atom is 0.128 e. The standard InChI is InChI=1S/C14H19F2NO/c1-10(13-7-12(15)4-5-14(13)16)17-8-11-3-2-6-18-9-11/h4-5,7,10-11,17H,2-3,6,8-9H2,1H3. The number of nitrogens with one attached hydrogen (secondary N) is 1. The van der Waals surface area contributed by atoms with E-state index in [4.69, 9.17) is 4.74 Å². The summed E-state index contributed by atoms with van der Waals surface area (Å²) in [5.41, 5.74) is 0.381. The lowest BCUT2D eigenvalue weighted by Crippen LogP contribution is -2.31. The molecule has 1 fully saturated rings. The summed E-state index contributed by atoms with van der Waals surface area (Å²) in [5.74, 6) is -0.296. The smallest absolute Gasteiger partial charge is 0.128 e. The number of halogens is 2. The molecule has 1 aromatic rings. The molecule has 2 unspecified atom stereocenters. The minimum Gasteiger partial charge on any atom is -0.381 e. The van der Waals surface area contributed by atoms with Crippen LogP contribution in [0.1, 0.15) is 31.4 Å². The van der Waals surface area contributed by atoms with Crippen molar-refractivity contribution in [2.45, 2.75) is 25.8 Å². The molecule has 1 heterocycles. The zero-order valence-corrected chi connectivity index (χ0v) is 10.6. The van der Waals surface area contributed by atoms with E-state index in [0.717, 1.165) is 38.7 Å². The Kier molecular flexibility index (Phi) is 4.66. The van der Waals surface area contributed by atoms with Gasteiger partial charge in [0.1, 0.15) is 11.6 Å². The van der Waals surface area contributed by atoms with Crippen LogP contribution in [0.5, 0.6) is 0 Å². The molecule has 1 aliphatic rings. The first kappa shape index (κ1) is 13.4. The molecule has 0 radical (unpaired) electrons. The third-order valence-corrected chi connectivity index (χ3v) is 3.39. The molecule has 0 saturated carbocycles. The Balaban J connectivity index is 1.90. The third kappa shape index (κ3) is 3.50. The molecule has 1 saturated heterocycles. The van der Waals surface area contributed by atoms with Gasteiger partial charge >= 0.3 is 0 Å². The van der Waals surface area contributed by atoms with E-state index in [1.807, 2.05) is 6.92 Å². The Morgan fingerprint density at radius 3 is 3.00 bits per heavy atom. The molecule has 2 rings (SSSR count). The maximum absolute atomic E-state index is 13.6. The van der Waals surface area contributed by atoms with E-state index in [-0.39, 0.29) is 11.9 Å². The fraction of sp³-hybridized carbons (Fsp3) is 0.571.